The summed E-state index contributed by atoms with van der Waals surface area (Å²) in [5.41, 5.74) is 2.40. The standard InChI is InChI=1S/C18H25N3O2S/c1-3-16(22)19-14-10-7-11-15(12(14)2)20-18(24)21-17(23)13-8-5-4-6-9-13/h7,10-11,13H,3-6,8-9H2,1-2H3,(H,19,22)(H2,20,21,23,24). The molecule has 1 aliphatic rings. The van der Waals surface area contributed by atoms with E-state index in [1.165, 1.54) is 6.42 Å². The molecule has 0 saturated heterocycles. The maximum absolute atomic E-state index is 12.2. The number of hydrogen-bond donors (Lipinski definition) is 3. The maximum atomic E-state index is 12.2. The third kappa shape index (κ3) is 5.03. The van der Waals surface area contributed by atoms with Crippen LogP contribution in [0.1, 0.15) is 51.0 Å². The lowest BCUT2D eigenvalue weighted by molar-refractivity contribution is -0.124. The van der Waals surface area contributed by atoms with E-state index in [4.69, 9.17) is 12.2 Å². The van der Waals surface area contributed by atoms with Gasteiger partial charge in [-0.1, -0.05) is 32.3 Å². The minimum absolute atomic E-state index is 0.000272. The zero-order valence-electron chi connectivity index (χ0n) is 14.3. The zero-order valence-corrected chi connectivity index (χ0v) is 15.1. The van der Waals surface area contributed by atoms with Crippen molar-refractivity contribution in [1.29, 1.82) is 0 Å². The van der Waals surface area contributed by atoms with Crippen LogP contribution in [0.15, 0.2) is 18.2 Å². The molecule has 0 radical (unpaired) electrons. The first-order valence-corrected chi connectivity index (χ1v) is 8.93. The van der Waals surface area contributed by atoms with Gasteiger partial charge in [0.2, 0.25) is 11.8 Å². The van der Waals surface area contributed by atoms with Gasteiger partial charge in [-0.3, -0.25) is 9.59 Å². The first-order chi connectivity index (χ1) is 11.5. The summed E-state index contributed by atoms with van der Waals surface area (Å²) in [6, 6.07) is 5.56. The predicted octanol–water partition coefficient (Wildman–Crippen LogP) is 3.74. The number of nitrogens with one attached hydrogen (secondary N) is 3. The number of carbonyl (C=O) groups is 2. The Kier molecular flexibility index (Phi) is 6.73. The molecule has 0 aliphatic heterocycles. The van der Waals surface area contributed by atoms with Crippen molar-refractivity contribution in [3.63, 3.8) is 0 Å². The summed E-state index contributed by atoms with van der Waals surface area (Å²) >= 11 is 5.26. The van der Waals surface area contributed by atoms with Crippen LogP contribution in [0.4, 0.5) is 11.4 Å². The molecular weight excluding hydrogens is 322 g/mol. The SMILES string of the molecule is CCC(=O)Nc1cccc(NC(=S)NC(=O)C2CCCCC2)c1C. The number of hydrogen-bond acceptors (Lipinski definition) is 3. The van der Waals surface area contributed by atoms with Gasteiger partial charge in [0.05, 0.1) is 0 Å². The average Bonchev–Trinajstić information content (AvgIpc) is 2.59. The van der Waals surface area contributed by atoms with Crippen LogP contribution in [0.5, 0.6) is 0 Å². The third-order valence-electron chi connectivity index (χ3n) is 4.39. The highest BCUT2D eigenvalue weighted by Gasteiger charge is 2.21. The highest BCUT2D eigenvalue weighted by Crippen LogP contribution is 2.25. The predicted molar refractivity (Wildman–Crippen MR) is 101 cm³/mol. The topological polar surface area (TPSA) is 70.2 Å². The lowest BCUT2D eigenvalue weighted by atomic mass is 9.89. The normalized spacial score (nSPS) is 14.8. The first kappa shape index (κ1) is 18.4. The van der Waals surface area contributed by atoms with E-state index in [1.54, 1.807) is 0 Å². The Morgan fingerprint density at radius 1 is 1.12 bits per heavy atom. The number of thiocarbonyl (C=S) groups is 1. The molecule has 1 fully saturated rings. The fourth-order valence-corrected chi connectivity index (χ4v) is 3.09. The zero-order chi connectivity index (χ0) is 17.5. The minimum atomic E-state index is -0.0385. The van der Waals surface area contributed by atoms with Crippen LogP contribution in [0, 0.1) is 12.8 Å². The molecule has 0 bridgehead atoms. The molecule has 130 valence electrons. The van der Waals surface area contributed by atoms with Crippen LogP contribution >= 0.6 is 12.2 Å². The van der Waals surface area contributed by atoms with Crippen LogP contribution in [0.25, 0.3) is 0 Å². The van der Waals surface area contributed by atoms with Crippen molar-refractivity contribution in [3.8, 4) is 0 Å². The summed E-state index contributed by atoms with van der Waals surface area (Å²) < 4.78 is 0. The number of carbonyl (C=O) groups excluding carboxylic acids is 2. The largest absolute Gasteiger partial charge is 0.332 e. The van der Waals surface area contributed by atoms with E-state index in [2.05, 4.69) is 16.0 Å². The van der Waals surface area contributed by atoms with Gasteiger partial charge in [-0.2, -0.15) is 0 Å². The maximum Gasteiger partial charge on any atom is 0.229 e. The number of amides is 2. The van der Waals surface area contributed by atoms with Crippen LogP contribution < -0.4 is 16.0 Å². The van der Waals surface area contributed by atoms with Crippen molar-refractivity contribution in [2.75, 3.05) is 10.6 Å². The van der Waals surface area contributed by atoms with Crippen LogP contribution in [0.3, 0.4) is 0 Å². The summed E-state index contributed by atoms with van der Waals surface area (Å²) in [7, 11) is 0. The quantitative estimate of drug-likeness (QED) is 0.726. The molecule has 24 heavy (non-hydrogen) atoms. The van der Waals surface area contributed by atoms with Gasteiger partial charge in [0.1, 0.15) is 0 Å². The fraction of sp³-hybridized carbons (Fsp3) is 0.500. The summed E-state index contributed by atoms with van der Waals surface area (Å²) in [5.74, 6) is 0.0264. The molecule has 1 saturated carbocycles. The van der Waals surface area contributed by atoms with Gasteiger partial charge in [-0.05, 0) is 49.7 Å². The van der Waals surface area contributed by atoms with Gasteiger partial charge in [0.15, 0.2) is 5.11 Å². The molecule has 0 aromatic heterocycles. The van der Waals surface area contributed by atoms with Gasteiger partial charge < -0.3 is 16.0 Å². The molecule has 2 amide bonds. The molecule has 0 unspecified atom stereocenters. The first-order valence-electron chi connectivity index (χ1n) is 8.52. The Bertz CT molecular complexity index is 625. The van der Waals surface area contributed by atoms with E-state index in [1.807, 2.05) is 32.0 Å². The minimum Gasteiger partial charge on any atom is -0.332 e. The van der Waals surface area contributed by atoms with Crippen molar-refractivity contribution in [3.05, 3.63) is 23.8 Å². The van der Waals surface area contributed by atoms with Crippen LogP contribution in [-0.2, 0) is 9.59 Å². The molecule has 2 rings (SSSR count). The van der Waals surface area contributed by atoms with Gasteiger partial charge in [0, 0.05) is 23.7 Å². The fourth-order valence-electron chi connectivity index (χ4n) is 2.88. The molecule has 1 aliphatic carbocycles. The van der Waals surface area contributed by atoms with Crippen LogP contribution in [0.2, 0.25) is 0 Å². The van der Waals surface area contributed by atoms with E-state index in [-0.39, 0.29) is 17.7 Å². The van der Waals surface area contributed by atoms with E-state index in [0.717, 1.165) is 42.6 Å². The highest BCUT2D eigenvalue weighted by atomic mass is 32.1. The van der Waals surface area contributed by atoms with Crippen molar-refractivity contribution < 1.29 is 9.59 Å². The monoisotopic (exact) mass is 347 g/mol. The van der Waals surface area contributed by atoms with E-state index >= 15 is 0 Å². The van der Waals surface area contributed by atoms with E-state index in [0.29, 0.717) is 11.5 Å². The molecule has 1 aromatic carbocycles. The lowest BCUT2D eigenvalue weighted by Crippen LogP contribution is -2.39. The second kappa shape index (κ2) is 8.78. The Hall–Kier alpha value is -1.95. The summed E-state index contributed by atoms with van der Waals surface area (Å²) in [6.07, 6.45) is 5.72. The van der Waals surface area contributed by atoms with Crippen LogP contribution in [-0.4, -0.2) is 16.9 Å². The summed E-state index contributed by atoms with van der Waals surface area (Å²) in [5, 5.41) is 9.01. The van der Waals surface area contributed by atoms with Gasteiger partial charge in [0.25, 0.3) is 0 Å². The number of anilines is 2. The second-order valence-electron chi connectivity index (χ2n) is 6.16. The Morgan fingerprint density at radius 3 is 2.38 bits per heavy atom. The van der Waals surface area contributed by atoms with E-state index < -0.39 is 0 Å². The number of rotatable bonds is 4. The smallest absolute Gasteiger partial charge is 0.229 e. The molecule has 6 heteroatoms. The molecule has 0 spiro atoms. The molecule has 0 heterocycles. The average molecular weight is 347 g/mol. The molecule has 3 N–H and O–H groups in total. The van der Waals surface area contributed by atoms with Crippen molar-refractivity contribution in [2.45, 2.75) is 52.4 Å². The van der Waals surface area contributed by atoms with Gasteiger partial charge in [-0.15, -0.1) is 0 Å². The van der Waals surface area contributed by atoms with Crippen molar-refractivity contribution in [2.24, 2.45) is 5.92 Å². The molecule has 0 atom stereocenters. The van der Waals surface area contributed by atoms with Crippen molar-refractivity contribution >= 4 is 40.5 Å². The highest BCUT2D eigenvalue weighted by molar-refractivity contribution is 7.80. The Morgan fingerprint density at radius 2 is 1.75 bits per heavy atom. The molecular formula is C18H25N3O2S. The van der Waals surface area contributed by atoms with Crippen molar-refractivity contribution in [1.82, 2.24) is 5.32 Å². The summed E-state index contributed by atoms with van der Waals surface area (Å²) in [6.45, 7) is 3.71. The molecule has 5 nitrogen and oxygen atoms in total. The Labute approximate surface area is 148 Å². The number of benzene rings is 1. The molecule has 1 aromatic rings. The van der Waals surface area contributed by atoms with Gasteiger partial charge >= 0.3 is 0 Å². The lowest BCUT2D eigenvalue weighted by Gasteiger charge is -2.21. The third-order valence-corrected chi connectivity index (χ3v) is 4.59. The Balaban J connectivity index is 1.97. The van der Waals surface area contributed by atoms with Gasteiger partial charge in [-0.25, -0.2) is 0 Å². The second-order valence-corrected chi connectivity index (χ2v) is 6.57. The van der Waals surface area contributed by atoms with E-state index in [9.17, 15) is 9.59 Å². The summed E-state index contributed by atoms with van der Waals surface area (Å²) in [4.78, 5) is 23.8.